The highest BCUT2D eigenvalue weighted by Crippen LogP contribution is 2.38. The van der Waals surface area contributed by atoms with Crippen LogP contribution in [0.4, 0.5) is 0 Å². The van der Waals surface area contributed by atoms with E-state index in [4.69, 9.17) is 9.47 Å². The first-order chi connectivity index (χ1) is 15.3. The van der Waals surface area contributed by atoms with Crippen molar-refractivity contribution in [2.24, 2.45) is 5.10 Å². The fourth-order valence-corrected chi connectivity index (χ4v) is 6.72. The SMILES string of the molecule is COc1ccc([C@@H]2CC(c3cccs3)=NN2C(=O)CN(C)[C@H]2CCS(=O)(=O)C2)cc1OC. The van der Waals surface area contributed by atoms with Gasteiger partial charge in [0.15, 0.2) is 21.3 Å². The van der Waals surface area contributed by atoms with E-state index in [0.29, 0.717) is 24.3 Å². The molecule has 2 aliphatic rings. The molecule has 172 valence electrons. The lowest BCUT2D eigenvalue weighted by molar-refractivity contribution is -0.134. The largest absolute Gasteiger partial charge is 0.493 e. The van der Waals surface area contributed by atoms with Gasteiger partial charge in [0, 0.05) is 12.5 Å². The summed E-state index contributed by atoms with van der Waals surface area (Å²) >= 11 is 1.59. The molecular formula is C22H27N3O5S2. The van der Waals surface area contributed by atoms with Crippen LogP contribution < -0.4 is 9.47 Å². The Kier molecular flexibility index (Phi) is 6.55. The number of carbonyl (C=O) groups is 1. The molecule has 2 atom stereocenters. The molecule has 1 aromatic heterocycles. The summed E-state index contributed by atoms with van der Waals surface area (Å²) in [6.07, 6.45) is 1.14. The summed E-state index contributed by atoms with van der Waals surface area (Å²) in [4.78, 5) is 16.2. The molecule has 0 radical (unpaired) electrons. The molecule has 32 heavy (non-hydrogen) atoms. The Morgan fingerprint density at radius 3 is 2.66 bits per heavy atom. The van der Waals surface area contributed by atoms with Crippen molar-refractivity contribution in [2.45, 2.75) is 24.9 Å². The number of thiophene rings is 1. The van der Waals surface area contributed by atoms with Crippen molar-refractivity contribution in [3.63, 3.8) is 0 Å². The van der Waals surface area contributed by atoms with Crippen molar-refractivity contribution >= 4 is 32.8 Å². The highest BCUT2D eigenvalue weighted by molar-refractivity contribution is 7.91. The van der Waals surface area contributed by atoms with Crippen molar-refractivity contribution in [3.8, 4) is 11.5 Å². The van der Waals surface area contributed by atoms with E-state index in [-0.39, 0.29) is 36.0 Å². The number of amides is 1. The third-order valence-electron chi connectivity index (χ3n) is 5.98. The van der Waals surface area contributed by atoms with E-state index in [1.807, 2.05) is 40.6 Å². The van der Waals surface area contributed by atoms with E-state index < -0.39 is 9.84 Å². The van der Waals surface area contributed by atoms with Gasteiger partial charge in [0.1, 0.15) is 0 Å². The summed E-state index contributed by atoms with van der Waals surface area (Å²) in [5, 5.41) is 8.21. The third kappa shape index (κ3) is 4.67. The molecule has 1 fully saturated rings. The maximum atomic E-state index is 13.3. The lowest BCUT2D eigenvalue weighted by Crippen LogP contribution is -2.41. The molecule has 0 N–H and O–H groups in total. The van der Waals surface area contributed by atoms with Crippen molar-refractivity contribution < 1.29 is 22.7 Å². The first-order valence-corrected chi connectivity index (χ1v) is 13.1. The second-order valence-corrected chi connectivity index (χ2v) is 11.2. The van der Waals surface area contributed by atoms with Crippen LogP contribution in [-0.2, 0) is 14.6 Å². The van der Waals surface area contributed by atoms with Crippen LogP contribution >= 0.6 is 11.3 Å². The highest BCUT2D eigenvalue weighted by Gasteiger charge is 2.36. The van der Waals surface area contributed by atoms with Crippen LogP contribution in [0.3, 0.4) is 0 Å². The topological polar surface area (TPSA) is 88.5 Å². The van der Waals surface area contributed by atoms with E-state index in [9.17, 15) is 13.2 Å². The lowest BCUT2D eigenvalue weighted by atomic mass is 10.0. The van der Waals surface area contributed by atoms with Gasteiger partial charge < -0.3 is 9.47 Å². The number of ether oxygens (including phenoxy) is 2. The fourth-order valence-electron chi connectivity index (χ4n) is 4.19. The van der Waals surface area contributed by atoms with Gasteiger partial charge in [-0.15, -0.1) is 11.3 Å². The molecule has 1 saturated heterocycles. The summed E-state index contributed by atoms with van der Waals surface area (Å²) in [5.74, 6) is 1.32. The van der Waals surface area contributed by atoms with Gasteiger partial charge in [-0.1, -0.05) is 12.1 Å². The Balaban J connectivity index is 1.59. The van der Waals surface area contributed by atoms with Crippen LogP contribution in [0.25, 0.3) is 0 Å². The summed E-state index contributed by atoms with van der Waals surface area (Å²) in [6, 6.07) is 9.17. The molecule has 1 aromatic carbocycles. The highest BCUT2D eigenvalue weighted by atomic mass is 32.2. The second kappa shape index (κ2) is 9.21. The third-order valence-corrected chi connectivity index (χ3v) is 8.65. The van der Waals surface area contributed by atoms with Crippen LogP contribution in [0.5, 0.6) is 11.5 Å². The van der Waals surface area contributed by atoms with Crippen molar-refractivity contribution in [1.29, 1.82) is 0 Å². The summed E-state index contributed by atoms with van der Waals surface area (Å²) < 4.78 is 34.5. The molecule has 0 spiro atoms. The lowest BCUT2D eigenvalue weighted by Gasteiger charge is -2.27. The zero-order valence-corrected chi connectivity index (χ0v) is 20.0. The maximum absolute atomic E-state index is 13.3. The van der Waals surface area contributed by atoms with Crippen LogP contribution in [-0.4, -0.2) is 75.3 Å². The zero-order valence-electron chi connectivity index (χ0n) is 18.4. The first kappa shape index (κ1) is 22.8. The molecule has 2 aliphatic heterocycles. The molecule has 0 aliphatic carbocycles. The summed E-state index contributed by atoms with van der Waals surface area (Å²) in [5.41, 5.74) is 1.76. The number of carbonyl (C=O) groups excluding carboxylic acids is 1. The van der Waals surface area contributed by atoms with Gasteiger partial charge in [0.05, 0.1) is 48.9 Å². The Morgan fingerprint density at radius 2 is 2.03 bits per heavy atom. The standard InChI is InChI=1S/C22H27N3O5S2/c1-24(16-8-10-32(27,28)14-16)13-22(26)25-18(12-17(23-25)21-5-4-9-31-21)15-6-7-19(29-2)20(11-15)30-3/h4-7,9,11,16,18H,8,10,12-14H2,1-3H3/t16-,18-/m0/s1. The predicted molar refractivity (Wildman–Crippen MR) is 124 cm³/mol. The van der Waals surface area contributed by atoms with Crippen LogP contribution in [0.2, 0.25) is 0 Å². The molecule has 0 saturated carbocycles. The number of hydrazone groups is 1. The van der Waals surface area contributed by atoms with Gasteiger partial charge in [-0.25, -0.2) is 13.4 Å². The van der Waals surface area contributed by atoms with Gasteiger partial charge in [0.25, 0.3) is 5.91 Å². The quantitative estimate of drug-likeness (QED) is 0.609. The number of hydrogen-bond donors (Lipinski definition) is 0. The normalized spacial score (nSPS) is 22.2. The van der Waals surface area contributed by atoms with E-state index >= 15 is 0 Å². The molecule has 8 nitrogen and oxygen atoms in total. The van der Waals surface area contributed by atoms with Gasteiger partial charge in [-0.05, 0) is 42.6 Å². The number of sulfone groups is 1. The first-order valence-electron chi connectivity index (χ1n) is 10.4. The second-order valence-electron chi connectivity index (χ2n) is 8.07. The molecule has 0 unspecified atom stereocenters. The van der Waals surface area contributed by atoms with Gasteiger partial charge in [-0.3, -0.25) is 9.69 Å². The monoisotopic (exact) mass is 477 g/mol. The molecule has 1 amide bonds. The van der Waals surface area contributed by atoms with Gasteiger partial charge in [-0.2, -0.15) is 5.10 Å². The number of hydrogen-bond acceptors (Lipinski definition) is 8. The van der Waals surface area contributed by atoms with Crippen molar-refractivity contribution in [2.75, 3.05) is 39.3 Å². The minimum atomic E-state index is -3.02. The van der Waals surface area contributed by atoms with Crippen molar-refractivity contribution in [1.82, 2.24) is 9.91 Å². The van der Waals surface area contributed by atoms with Gasteiger partial charge >= 0.3 is 0 Å². The van der Waals surface area contributed by atoms with E-state index in [2.05, 4.69) is 5.10 Å². The predicted octanol–water partition coefficient (Wildman–Crippen LogP) is 2.56. The van der Waals surface area contributed by atoms with Gasteiger partial charge in [0.2, 0.25) is 0 Å². The number of benzene rings is 1. The van der Waals surface area contributed by atoms with Crippen LogP contribution in [0.1, 0.15) is 29.3 Å². The Bertz CT molecular complexity index is 1110. The molecular weight excluding hydrogens is 450 g/mol. The Labute approximate surface area is 192 Å². The van der Waals surface area contributed by atoms with E-state index in [1.165, 1.54) is 5.01 Å². The minimum absolute atomic E-state index is 0.0968. The average Bonchev–Trinajstić information content (AvgIpc) is 3.52. The molecule has 10 heteroatoms. The van der Waals surface area contributed by atoms with Crippen molar-refractivity contribution in [3.05, 3.63) is 46.2 Å². The molecule has 2 aromatic rings. The summed E-state index contributed by atoms with van der Waals surface area (Å²) in [7, 11) is 1.94. The smallest absolute Gasteiger partial charge is 0.257 e. The number of methoxy groups -OCH3 is 2. The zero-order chi connectivity index (χ0) is 22.9. The minimum Gasteiger partial charge on any atom is -0.493 e. The van der Waals surface area contributed by atoms with E-state index in [0.717, 1.165) is 16.2 Å². The maximum Gasteiger partial charge on any atom is 0.257 e. The molecule has 4 rings (SSSR count). The number of nitrogens with zero attached hydrogens (tertiary/aromatic N) is 3. The van der Waals surface area contributed by atoms with Crippen LogP contribution in [0, 0.1) is 0 Å². The van der Waals surface area contributed by atoms with Crippen LogP contribution in [0.15, 0.2) is 40.8 Å². The average molecular weight is 478 g/mol. The van der Waals surface area contributed by atoms with E-state index in [1.54, 1.807) is 32.6 Å². The Hall–Kier alpha value is -2.43. The molecule has 0 bridgehead atoms. The Morgan fingerprint density at radius 1 is 1.25 bits per heavy atom. The fraction of sp³-hybridized carbons (Fsp3) is 0.455. The number of likely N-dealkylation sites (N-methyl/N-ethyl adjacent to an activating group) is 1. The summed E-state index contributed by atoms with van der Waals surface area (Å²) in [6.45, 7) is 0.102. The molecule has 3 heterocycles. The number of rotatable bonds is 7.